The minimum absolute atomic E-state index is 0.00449. The zero-order valence-electron chi connectivity index (χ0n) is 10.3. The molecule has 0 atom stereocenters. The smallest absolute Gasteiger partial charge is 0.326 e. The summed E-state index contributed by atoms with van der Waals surface area (Å²) < 4.78 is 7.14. The number of rotatable bonds is 2. The largest absolute Gasteiger partial charge is 0.497 e. The molecule has 1 aromatic carbocycles. The molecule has 2 heterocycles. The summed E-state index contributed by atoms with van der Waals surface area (Å²) in [5.41, 5.74) is 1.84. The normalized spacial score (nSPS) is 17.2. The van der Waals surface area contributed by atoms with E-state index in [1.54, 1.807) is 7.11 Å². The fraction of sp³-hybridized carbons (Fsp3) is 0.462. The van der Waals surface area contributed by atoms with Gasteiger partial charge in [-0.25, -0.2) is 4.79 Å². The van der Waals surface area contributed by atoms with Gasteiger partial charge in [0, 0.05) is 12.1 Å². The van der Waals surface area contributed by atoms with E-state index in [4.69, 9.17) is 4.74 Å². The van der Waals surface area contributed by atoms with E-state index in [2.05, 4.69) is 4.98 Å². The molecular weight excluding hydrogens is 248 g/mol. The van der Waals surface area contributed by atoms with Crippen molar-refractivity contribution in [2.24, 2.45) is 0 Å². The number of aromatic amines is 1. The predicted octanol–water partition coefficient (Wildman–Crippen LogP) is 2.41. The number of H-pyrrole nitrogens is 1. The summed E-state index contributed by atoms with van der Waals surface area (Å²) in [6.07, 6.45) is 2.13. The van der Waals surface area contributed by atoms with Crippen molar-refractivity contribution in [3.8, 4) is 5.75 Å². The summed E-state index contributed by atoms with van der Waals surface area (Å²) in [5.74, 6) is 3.06. The molecule has 4 nitrogen and oxygen atoms in total. The van der Waals surface area contributed by atoms with Crippen LogP contribution in [-0.4, -0.2) is 28.2 Å². The molecule has 1 fully saturated rings. The zero-order valence-corrected chi connectivity index (χ0v) is 11.1. The number of nitrogens with zero attached hydrogens (tertiary/aromatic N) is 1. The van der Waals surface area contributed by atoms with Gasteiger partial charge >= 0.3 is 5.69 Å². The van der Waals surface area contributed by atoms with Crippen molar-refractivity contribution >= 4 is 22.8 Å². The molecule has 0 unspecified atom stereocenters. The number of hydrogen-bond acceptors (Lipinski definition) is 3. The highest BCUT2D eigenvalue weighted by Gasteiger charge is 2.20. The van der Waals surface area contributed by atoms with Gasteiger partial charge in [0.05, 0.1) is 18.1 Å². The standard InChI is InChI=1S/C13H16N2O2S/c1-17-10-2-3-11-12(8-10)15(13(16)14-11)9-4-6-18-7-5-9/h2-3,8-9H,4-7H2,1H3,(H,14,16). The summed E-state index contributed by atoms with van der Waals surface area (Å²) in [7, 11) is 1.65. The molecule has 1 N–H and O–H groups in total. The van der Waals surface area contributed by atoms with Crippen LogP contribution in [-0.2, 0) is 0 Å². The van der Waals surface area contributed by atoms with Crippen molar-refractivity contribution in [2.75, 3.05) is 18.6 Å². The number of ether oxygens (including phenoxy) is 1. The van der Waals surface area contributed by atoms with E-state index in [0.717, 1.165) is 41.1 Å². The number of thioether (sulfide) groups is 1. The number of imidazole rings is 1. The SMILES string of the molecule is COc1ccc2[nH]c(=O)n(C3CCSCC3)c2c1. The lowest BCUT2D eigenvalue weighted by molar-refractivity contribution is 0.414. The Balaban J connectivity index is 2.13. The summed E-state index contributed by atoms with van der Waals surface area (Å²) >= 11 is 1.96. The van der Waals surface area contributed by atoms with Crippen LogP contribution in [0.2, 0.25) is 0 Å². The average molecular weight is 264 g/mol. The van der Waals surface area contributed by atoms with Crippen LogP contribution < -0.4 is 10.4 Å². The van der Waals surface area contributed by atoms with E-state index in [-0.39, 0.29) is 5.69 Å². The molecule has 1 aromatic heterocycles. The van der Waals surface area contributed by atoms with Crippen LogP contribution >= 0.6 is 11.8 Å². The third-order valence-electron chi connectivity index (χ3n) is 3.48. The van der Waals surface area contributed by atoms with Crippen LogP contribution in [0.5, 0.6) is 5.75 Å². The fourth-order valence-electron chi connectivity index (χ4n) is 2.53. The maximum Gasteiger partial charge on any atom is 0.326 e. The van der Waals surface area contributed by atoms with Gasteiger partial charge in [0.15, 0.2) is 0 Å². The summed E-state index contributed by atoms with van der Waals surface area (Å²) in [6.45, 7) is 0. The lowest BCUT2D eigenvalue weighted by Gasteiger charge is -2.22. The topological polar surface area (TPSA) is 47.0 Å². The van der Waals surface area contributed by atoms with Gasteiger partial charge in [-0.2, -0.15) is 11.8 Å². The van der Waals surface area contributed by atoms with Gasteiger partial charge in [0.25, 0.3) is 0 Å². The molecule has 1 aliphatic rings. The highest BCUT2D eigenvalue weighted by Crippen LogP contribution is 2.29. The van der Waals surface area contributed by atoms with E-state index in [1.807, 2.05) is 34.5 Å². The molecule has 1 aliphatic heterocycles. The van der Waals surface area contributed by atoms with Crippen molar-refractivity contribution in [2.45, 2.75) is 18.9 Å². The Hall–Kier alpha value is -1.36. The van der Waals surface area contributed by atoms with E-state index in [1.165, 1.54) is 0 Å². The van der Waals surface area contributed by atoms with E-state index >= 15 is 0 Å². The van der Waals surface area contributed by atoms with E-state index in [0.29, 0.717) is 6.04 Å². The molecule has 2 aromatic rings. The number of hydrogen-bond donors (Lipinski definition) is 1. The Labute approximate surface area is 109 Å². The number of aromatic nitrogens is 2. The number of fused-ring (bicyclic) bond motifs is 1. The summed E-state index contributed by atoms with van der Waals surface area (Å²) in [6, 6.07) is 6.04. The number of nitrogens with one attached hydrogen (secondary N) is 1. The minimum atomic E-state index is -0.00449. The number of methoxy groups -OCH3 is 1. The minimum Gasteiger partial charge on any atom is -0.497 e. The molecule has 3 rings (SSSR count). The Kier molecular flexibility index (Phi) is 3.07. The van der Waals surface area contributed by atoms with Gasteiger partial charge in [0.1, 0.15) is 5.75 Å². The molecule has 0 radical (unpaired) electrons. The fourth-order valence-corrected chi connectivity index (χ4v) is 3.62. The zero-order chi connectivity index (χ0) is 12.5. The molecule has 0 bridgehead atoms. The van der Waals surface area contributed by atoms with Crippen LogP contribution in [0.3, 0.4) is 0 Å². The second kappa shape index (κ2) is 4.72. The molecule has 18 heavy (non-hydrogen) atoms. The Morgan fingerprint density at radius 1 is 1.39 bits per heavy atom. The molecule has 0 aliphatic carbocycles. The quantitative estimate of drug-likeness (QED) is 0.906. The first-order valence-electron chi connectivity index (χ1n) is 6.15. The van der Waals surface area contributed by atoms with Gasteiger partial charge in [-0.05, 0) is 36.5 Å². The Bertz CT molecular complexity index is 611. The van der Waals surface area contributed by atoms with Crippen LogP contribution in [0.15, 0.2) is 23.0 Å². The Morgan fingerprint density at radius 3 is 2.89 bits per heavy atom. The van der Waals surface area contributed by atoms with Gasteiger partial charge in [-0.15, -0.1) is 0 Å². The van der Waals surface area contributed by atoms with Crippen molar-refractivity contribution < 1.29 is 4.74 Å². The van der Waals surface area contributed by atoms with E-state index in [9.17, 15) is 4.79 Å². The van der Waals surface area contributed by atoms with Gasteiger partial charge in [0.2, 0.25) is 0 Å². The molecule has 96 valence electrons. The molecule has 0 saturated carbocycles. The van der Waals surface area contributed by atoms with Crippen molar-refractivity contribution in [3.05, 3.63) is 28.7 Å². The highest BCUT2D eigenvalue weighted by atomic mass is 32.2. The highest BCUT2D eigenvalue weighted by molar-refractivity contribution is 7.99. The molecular formula is C13H16N2O2S. The molecule has 5 heteroatoms. The number of benzene rings is 1. The maximum absolute atomic E-state index is 12.1. The van der Waals surface area contributed by atoms with Crippen molar-refractivity contribution in [3.63, 3.8) is 0 Å². The van der Waals surface area contributed by atoms with Gasteiger partial charge < -0.3 is 9.72 Å². The first-order chi connectivity index (χ1) is 8.79. The van der Waals surface area contributed by atoms with Crippen LogP contribution in [0.1, 0.15) is 18.9 Å². The van der Waals surface area contributed by atoms with Crippen molar-refractivity contribution in [1.29, 1.82) is 0 Å². The molecule has 0 amide bonds. The first kappa shape index (κ1) is 11.7. The van der Waals surface area contributed by atoms with Gasteiger partial charge in [-0.3, -0.25) is 4.57 Å². The third-order valence-corrected chi connectivity index (χ3v) is 4.53. The van der Waals surface area contributed by atoms with Crippen LogP contribution in [0.4, 0.5) is 0 Å². The molecule has 0 spiro atoms. The maximum atomic E-state index is 12.1. The monoisotopic (exact) mass is 264 g/mol. The summed E-state index contributed by atoms with van der Waals surface area (Å²) in [4.78, 5) is 15.0. The predicted molar refractivity (Wildman–Crippen MR) is 74.7 cm³/mol. The second-order valence-electron chi connectivity index (χ2n) is 4.53. The van der Waals surface area contributed by atoms with Gasteiger partial charge in [-0.1, -0.05) is 0 Å². The van der Waals surface area contributed by atoms with E-state index < -0.39 is 0 Å². The third kappa shape index (κ3) is 1.92. The molecule has 1 saturated heterocycles. The second-order valence-corrected chi connectivity index (χ2v) is 5.75. The Morgan fingerprint density at radius 2 is 2.17 bits per heavy atom. The summed E-state index contributed by atoms with van der Waals surface area (Å²) in [5, 5.41) is 0. The van der Waals surface area contributed by atoms with Crippen LogP contribution in [0.25, 0.3) is 11.0 Å². The average Bonchev–Trinajstić information content (AvgIpc) is 2.74. The van der Waals surface area contributed by atoms with Crippen molar-refractivity contribution in [1.82, 2.24) is 9.55 Å². The lowest BCUT2D eigenvalue weighted by Crippen LogP contribution is -2.25. The first-order valence-corrected chi connectivity index (χ1v) is 7.31. The lowest BCUT2D eigenvalue weighted by atomic mass is 10.1. The van der Waals surface area contributed by atoms with Crippen LogP contribution in [0, 0.1) is 0 Å².